The summed E-state index contributed by atoms with van der Waals surface area (Å²) in [6.45, 7) is 12.4. The molecule has 8 heterocycles. The maximum absolute atomic E-state index is 6.32. The Labute approximate surface area is 317 Å². The van der Waals surface area contributed by atoms with Crippen molar-refractivity contribution < 1.29 is 29.0 Å². The zero-order chi connectivity index (χ0) is 37.0. The van der Waals surface area contributed by atoms with Gasteiger partial charge in [0, 0.05) is 48.3 Å². The summed E-state index contributed by atoms with van der Waals surface area (Å²) in [5, 5.41) is 1.98. The fraction of sp³-hybridized carbons (Fsp3) is 0.455. The van der Waals surface area contributed by atoms with Crippen molar-refractivity contribution in [1.29, 1.82) is 0 Å². The van der Waals surface area contributed by atoms with E-state index in [-0.39, 0.29) is 37.5 Å². The fourth-order valence-electron chi connectivity index (χ4n) is 9.45. The molecule has 10 heteroatoms. The normalized spacial score (nSPS) is 28.3. The third-order valence-corrected chi connectivity index (χ3v) is 12.3. The summed E-state index contributed by atoms with van der Waals surface area (Å²) in [4.78, 5) is 38.7. The van der Waals surface area contributed by atoms with Crippen LogP contribution in [0.2, 0.25) is 0 Å². The number of piperidine rings is 6. The largest absolute Gasteiger partial charge is 0.497 e. The molecule has 6 saturated heterocycles. The van der Waals surface area contributed by atoms with E-state index in [1.54, 1.807) is 14.2 Å². The van der Waals surface area contributed by atoms with Gasteiger partial charge in [-0.05, 0) is 122 Å². The number of nitrogens with zero attached hydrogens (tertiary/aromatic N) is 4. The second-order valence-corrected chi connectivity index (χ2v) is 15.0. The van der Waals surface area contributed by atoms with Gasteiger partial charge in [-0.1, -0.05) is 24.0 Å². The monoisotopic (exact) mass is 730 g/mol. The number of aromatic nitrogens is 2. The van der Waals surface area contributed by atoms with Gasteiger partial charge < -0.3 is 9.47 Å². The van der Waals surface area contributed by atoms with Crippen molar-refractivity contribution in [3.05, 3.63) is 97.4 Å². The topological polar surface area (TPSA) is 87.6 Å². The highest BCUT2D eigenvalue weighted by Crippen LogP contribution is 2.45. The van der Waals surface area contributed by atoms with Crippen molar-refractivity contribution in [2.75, 3.05) is 53.6 Å². The number of rotatable bonds is 14. The molecule has 6 aliphatic heterocycles. The summed E-state index contributed by atoms with van der Waals surface area (Å²) >= 11 is 0. The van der Waals surface area contributed by atoms with E-state index in [4.69, 9.17) is 29.0 Å². The number of ether oxygens (including phenoxy) is 2. The van der Waals surface area contributed by atoms with Gasteiger partial charge in [-0.15, -0.1) is 13.2 Å². The van der Waals surface area contributed by atoms with Crippen molar-refractivity contribution in [2.45, 2.75) is 50.0 Å². The first-order valence-electron chi connectivity index (χ1n) is 19.2. The van der Waals surface area contributed by atoms with Gasteiger partial charge in [0.05, 0.1) is 25.3 Å². The van der Waals surface area contributed by atoms with Crippen molar-refractivity contribution in [3.8, 4) is 23.3 Å². The van der Waals surface area contributed by atoms with Crippen LogP contribution >= 0.6 is 0 Å². The lowest BCUT2D eigenvalue weighted by Crippen LogP contribution is -2.55. The molecule has 0 aliphatic carbocycles. The number of fused-ring (bicyclic) bond motifs is 8. The molecule has 0 spiro atoms. The van der Waals surface area contributed by atoms with Crippen LogP contribution < -0.4 is 9.47 Å². The Morgan fingerprint density at radius 3 is 1.56 bits per heavy atom. The second kappa shape index (κ2) is 16.6. The Morgan fingerprint density at radius 1 is 0.704 bits per heavy atom. The van der Waals surface area contributed by atoms with Crippen LogP contribution in [0.4, 0.5) is 0 Å². The molecular formula is C44H50N4O6. The summed E-state index contributed by atoms with van der Waals surface area (Å²) < 4.78 is 11.1. The first-order chi connectivity index (χ1) is 26.6. The van der Waals surface area contributed by atoms with E-state index in [0.717, 1.165) is 83.5 Å². The number of benzene rings is 2. The summed E-state index contributed by atoms with van der Waals surface area (Å²) in [5.74, 6) is 9.82. The number of hydrogen-bond donors (Lipinski definition) is 0. The molecule has 0 saturated carbocycles. The highest BCUT2D eigenvalue weighted by Gasteiger charge is 2.45. The molecule has 282 valence electrons. The van der Waals surface area contributed by atoms with Gasteiger partial charge in [-0.25, -0.2) is 19.6 Å². The van der Waals surface area contributed by atoms with Crippen molar-refractivity contribution in [2.24, 2.45) is 23.7 Å². The van der Waals surface area contributed by atoms with Crippen LogP contribution in [-0.4, -0.2) is 85.5 Å². The molecular weight excluding hydrogens is 681 g/mol. The van der Waals surface area contributed by atoms with E-state index in [0.29, 0.717) is 23.7 Å². The fourth-order valence-corrected chi connectivity index (χ4v) is 9.45. The van der Waals surface area contributed by atoms with E-state index in [2.05, 4.69) is 56.9 Å². The van der Waals surface area contributed by atoms with Crippen LogP contribution in [0.5, 0.6) is 11.5 Å². The lowest BCUT2D eigenvalue weighted by molar-refractivity contribution is -0.334. The molecule has 10 atom stereocenters. The lowest BCUT2D eigenvalue weighted by atomic mass is 9.73. The van der Waals surface area contributed by atoms with Crippen LogP contribution in [-0.2, 0) is 19.6 Å². The highest BCUT2D eigenvalue weighted by atomic mass is 17.2. The van der Waals surface area contributed by atoms with Gasteiger partial charge in [0.15, 0.2) is 0 Å². The molecule has 6 fully saturated rings. The molecule has 0 radical (unpaired) electrons. The van der Waals surface area contributed by atoms with Crippen LogP contribution in [0.1, 0.15) is 49.0 Å². The minimum Gasteiger partial charge on any atom is -0.497 e. The Hall–Kier alpha value is -4.34. The van der Waals surface area contributed by atoms with Crippen molar-refractivity contribution in [1.82, 2.24) is 19.8 Å². The average Bonchev–Trinajstić information content (AvgIpc) is 3.24. The molecule has 2 aromatic carbocycles. The molecule has 2 unspecified atom stereocenters. The minimum absolute atomic E-state index is 0.0802. The molecule has 0 amide bonds. The molecule has 10 rings (SSSR count). The van der Waals surface area contributed by atoms with Crippen LogP contribution in [0.15, 0.2) is 86.2 Å². The SMILES string of the molecule is C=C[C@H]1CN2CC[C@H]1C[C@H]2[C@H](OOCC#CCOO[C@H](c1ccnc2ccc(OC)cc12)[C@@H]1C[C@@H]2CCN1C[C@@H]2C=C)c1ccnc2ccc(OC)cc12. The van der Waals surface area contributed by atoms with E-state index >= 15 is 0 Å². The molecule has 10 nitrogen and oxygen atoms in total. The molecule has 2 aromatic heterocycles. The molecule has 4 aromatic rings. The summed E-state index contributed by atoms with van der Waals surface area (Å²) in [7, 11) is 3.36. The van der Waals surface area contributed by atoms with Gasteiger partial charge in [-0.2, -0.15) is 0 Å². The Bertz CT molecular complexity index is 1890. The van der Waals surface area contributed by atoms with Gasteiger partial charge >= 0.3 is 0 Å². The highest BCUT2D eigenvalue weighted by molar-refractivity contribution is 5.84. The minimum atomic E-state index is -0.339. The maximum atomic E-state index is 6.32. The zero-order valence-electron chi connectivity index (χ0n) is 31.3. The van der Waals surface area contributed by atoms with Crippen molar-refractivity contribution >= 4 is 21.8 Å². The Morgan fingerprint density at radius 2 is 1.17 bits per heavy atom. The van der Waals surface area contributed by atoms with Gasteiger partial charge in [0.1, 0.15) is 36.9 Å². The van der Waals surface area contributed by atoms with Gasteiger partial charge in [-0.3, -0.25) is 19.8 Å². The summed E-state index contributed by atoms with van der Waals surface area (Å²) in [6.07, 6.45) is 11.6. The van der Waals surface area contributed by atoms with Crippen LogP contribution in [0, 0.1) is 35.5 Å². The first kappa shape index (κ1) is 36.6. The average molecular weight is 731 g/mol. The number of methoxy groups -OCH3 is 2. The predicted octanol–water partition coefficient (Wildman–Crippen LogP) is 7.28. The summed E-state index contributed by atoms with van der Waals surface area (Å²) in [5.41, 5.74) is 3.81. The number of hydrogen-bond acceptors (Lipinski definition) is 10. The third-order valence-electron chi connectivity index (χ3n) is 12.3. The van der Waals surface area contributed by atoms with Crippen LogP contribution in [0.25, 0.3) is 21.8 Å². The maximum Gasteiger partial charge on any atom is 0.143 e. The zero-order valence-corrected chi connectivity index (χ0v) is 31.3. The predicted molar refractivity (Wildman–Crippen MR) is 207 cm³/mol. The van der Waals surface area contributed by atoms with Crippen molar-refractivity contribution in [3.63, 3.8) is 0 Å². The van der Waals surface area contributed by atoms with Crippen LogP contribution in [0.3, 0.4) is 0 Å². The smallest absolute Gasteiger partial charge is 0.143 e. The van der Waals surface area contributed by atoms with E-state index in [1.807, 2.05) is 60.9 Å². The van der Waals surface area contributed by atoms with E-state index in [1.165, 1.54) is 12.8 Å². The molecule has 0 N–H and O–H groups in total. The standard InChI is InChI=1S/C44H50N4O6/c1-5-29-27-47-19-15-31(29)23-41(47)43(35-13-17-45-39-11-9-33(49-3)25-37(35)39)53-51-21-7-8-22-52-54-44(42-24-32-16-20-48(42)28-30(32)6-2)36-14-18-46-40-12-10-34(50-4)26-38(36)40/h5-6,9-14,17-18,25-26,29-32,41-44H,1-2,15-16,19-24,27-28H2,3-4H3/t29-,30-,31-,32-,41-,42-,43+,44+/m0/s1. The first-order valence-corrected chi connectivity index (χ1v) is 19.2. The second-order valence-electron chi connectivity index (χ2n) is 15.0. The van der Waals surface area contributed by atoms with E-state index < -0.39 is 0 Å². The summed E-state index contributed by atoms with van der Waals surface area (Å²) in [6, 6.07) is 16.2. The third kappa shape index (κ3) is 7.37. The quantitative estimate of drug-likeness (QED) is 0.0434. The van der Waals surface area contributed by atoms with Gasteiger partial charge in [0.2, 0.25) is 0 Å². The molecule has 6 aliphatic rings. The lowest BCUT2D eigenvalue weighted by Gasteiger charge is -2.51. The number of pyridine rings is 2. The molecule has 54 heavy (non-hydrogen) atoms. The Kier molecular flexibility index (Phi) is 11.2. The van der Waals surface area contributed by atoms with E-state index in [9.17, 15) is 0 Å². The Balaban J connectivity index is 0.956. The van der Waals surface area contributed by atoms with Gasteiger partial charge in [0.25, 0.3) is 0 Å². The molecule has 4 bridgehead atoms.